The first-order valence-corrected chi connectivity index (χ1v) is 14.0. The molecule has 0 spiro atoms. The molecular weight excluding hydrogens is 565 g/mol. The van der Waals surface area contributed by atoms with Crippen molar-refractivity contribution >= 4 is 36.2 Å². The quantitative estimate of drug-likeness (QED) is 0.191. The van der Waals surface area contributed by atoms with Crippen LogP contribution in [0.3, 0.4) is 0 Å². The first-order chi connectivity index (χ1) is 21.3. The van der Waals surface area contributed by atoms with Crippen molar-refractivity contribution < 1.29 is 28.2 Å². The van der Waals surface area contributed by atoms with Crippen LogP contribution in [0.15, 0.2) is 94.1 Å². The molecule has 0 radical (unpaired) electrons. The van der Waals surface area contributed by atoms with Crippen LogP contribution in [0.2, 0.25) is 0 Å². The Labute approximate surface area is 256 Å². The molecule has 1 heterocycles. The zero-order chi connectivity index (χ0) is 31.6. The second kappa shape index (κ2) is 14.8. The number of likely N-dealkylation sites (tertiary alicyclic amines) is 1. The van der Waals surface area contributed by atoms with Gasteiger partial charge in [0.2, 0.25) is 11.8 Å². The number of carbonyl (C=O) groups is 2. The zero-order valence-electron chi connectivity index (χ0n) is 25.1. The van der Waals surface area contributed by atoms with E-state index in [4.69, 9.17) is 14.2 Å². The molecule has 2 amide bonds. The molecule has 11 heteroatoms. The van der Waals surface area contributed by atoms with E-state index in [-0.39, 0.29) is 23.6 Å². The number of amides is 2. The molecule has 230 valence electrons. The molecule has 1 saturated heterocycles. The topological polar surface area (TPSA) is 114 Å². The summed E-state index contributed by atoms with van der Waals surface area (Å²) in [5, 5.41) is 5.87. The van der Waals surface area contributed by atoms with E-state index in [1.807, 2.05) is 24.3 Å². The van der Waals surface area contributed by atoms with Crippen molar-refractivity contribution in [3.63, 3.8) is 0 Å². The second-order valence-electron chi connectivity index (χ2n) is 10.0. The van der Waals surface area contributed by atoms with Crippen LogP contribution in [0.4, 0.5) is 15.8 Å². The second-order valence-corrected chi connectivity index (χ2v) is 10.0. The van der Waals surface area contributed by atoms with Gasteiger partial charge in [0.1, 0.15) is 29.8 Å². The third-order valence-corrected chi connectivity index (χ3v) is 7.13. The molecule has 4 rings (SSSR count). The Morgan fingerprint density at radius 1 is 1.02 bits per heavy atom. The standard InChI is InChI=1S/C33H36FN5O5/c1-6-32(41)39-15-13-25(14-16-39)44-31-19-24(9-12-30(31)43-5)33(36-20-35-3)38-28-18-23(8-11-29(28)42-4)22-7-10-26(34)27(17-22)37-21(2)40/h6-8,10-12,17-20,25,38H,1,3,9,13-16H2,2,4-5H3,(H,37,40)/b33-24-,36-20-. The van der Waals surface area contributed by atoms with Gasteiger partial charge in [-0.3, -0.25) is 14.6 Å². The molecule has 2 N–H and O–H groups in total. The lowest BCUT2D eigenvalue weighted by molar-refractivity contribution is -0.128. The highest BCUT2D eigenvalue weighted by Crippen LogP contribution is 2.35. The average Bonchev–Trinajstić information content (AvgIpc) is 3.03. The van der Waals surface area contributed by atoms with Gasteiger partial charge in [0.25, 0.3) is 0 Å². The van der Waals surface area contributed by atoms with Crippen molar-refractivity contribution in [2.75, 3.05) is 37.9 Å². The number of hydrogen-bond acceptors (Lipinski definition) is 7. The summed E-state index contributed by atoms with van der Waals surface area (Å²) in [6.07, 6.45) is 8.18. The Balaban J connectivity index is 1.66. The molecule has 2 aliphatic rings. The summed E-state index contributed by atoms with van der Waals surface area (Å²) in [7, 11) is 3.15. The lowest BCUT2D eigenvalue weighted by Crippen LogP contribution is -2.40. The van der Waals surface area contributed by atoms with E-state index < -0.39 is 5.82 Å². The molecule has 1 aliphatic heterocycles. The lowest BCUT2D eigenvalue weighted by atomic mass is 10.0. The third kappa shape index (κ3) is 7.80. The van der Waals surface area contributed by atoms with Crippen LogP contribution in [-0.2, 0) is 19.1 Å². The summed E-state index contributed by atoms with van der Waals surface area (Å²) in [4.78, 5) is 33.6. The highest BCUT2D eigenvalue weighted by Gasteiger charge is 2.26. The van der Waals surface area contributed by atoms with E-state index in [9.17, 15) is 14.0 Å². The number of aliphatic imine (C=N–C) groups is 2. The smallest absolute Gasteiger partial charge is 0.245 e. The van der Waals surface area contributed by atoms with Gasteiger partial charge >= 0.3 is 0 Å². The van der Waals surface area contributed by atoms with Gasteiger partial charge in [-0.2, -0.15) is 0 Å². The third-order valence-electron chi connectivity index (χ3n) is 7.13. The number of nitrogens with one attached hydrogen (secondary N) is 2. The molecule has 0 bridgehead atoms. The van der Waals surface area contributed by atoms with Gasteiger partial charge in [-0.25, -0.2) is 9.38 Å². The Kier molecular flexibility index (Phi) is 10.7. The van der Waals surface area contributed by atoms with Gasteiger partial charge < -0.3 is 29.7 Å². The molecule has 10 nitrogen and oxygen atoms in total. The Hall–Kier alpha value is -5.19. The summed E-state index contributed by atoms with van der Waals surface area (Å²) in [6, 6.07) is 9.98. The molecule has 44 heavy (non-hydrogen) atoms. The number of piperidine rings is 1. The van der Waals surface area contributed by atoms with Crippen LogP contribution in [0, 0.1) is 5.82 Å². The maximum absolute atomic E-state index is 14.3. The summed E-state index contributed by atoms with van der Waals surface area (Å²) >= 11 is 0. The Bertz CT molecular complexity index is 1550. The summed E-state index contributed by atoms with van der Waals surface area (Å²) in [6.45, 7) is 9.56. The molecule has 0 atom stereocenters. The summed E-state index contributed by atoms with van der Waals surface area (Å²) in [5.41, 5.74) is 2.91. The van der Waals surface area contributed by atoms with Crippen molar-refractivity contribution in [1.29, 1.82) is 0 Å². The Morgan fingerprint density at radius 3 is 2.36 bits per heavy atom. The predicted octanol–water partition coefficient (Wildman–Crippen LogP) is 5.82. The van der Waals surface area contributed by atoms with Gasteiger partial charge in [-0.15, -0.1) is 0 Å². The van der Waals surface area contributed by atoms with Gasteiger partial charge in [0.05, 0.1) is 25.6 Å². The first kappa shape index (κ1) is 31.7. The van der Waals surface area contributed by atoms with Crippen molar-refractivity contribution in [3.8, 4) is 16.9 Å². The van der Waals surface area contributed by atoms with Crippen molar-refractivity contribution in [2.24, 2.45) is 9.98 Å². The number of carbonyl (C=O) groups excluding carboxylic acids is 2. The monoisotopic (exact) mass is 601 g/mol. The molecule has 1 fully saturated rings. The van der Waals surface area contributed by atoms with Gasteiger partial charge in [0.15, 0.2) is 11.5 Å². The maximum Gasteiger partial charge on any atom is 0.245 e. The lowest BCUT2D eigenvalue weighted by Gasteiger charge is -2.32. The fourth-order valence-corrected chi connectivity index (χ4v) is 4.93. The van der Waals surface area contributed by atoms with Crippen LogP contribution in [0.25, 0.3) is 11.1 Å². The maximum atomic E-state index is 14.3. The molecule has 2 aromatic carbocycles. The molecule has 1 aliphatic carbocycles. The van der Waals surface area contributed by atoms with Crippen LogP contribution < -0.4 is 15.4 Å². The van der Waals surface area contributed by atoms with Gasteiger partial charge in [-0.1, -0.05) is 18.7 Å². The number of allylic oxidation sites excluding steroid dienone is 3. The summed E-state index contributed by atoms with van der Waals surface area (Å²) < 4.78 is 31.9. The normalized spacial score (nSPS) is 16.4. The van der Waals surface area contributed by atoms with Crippen LogP contribution >= 0.6 is 0 Å². The molecule has 2 aromatic rings. The van der Waals surface area contributed by atoms with E-state index >= 15 is 0 Å². The number of anilines is 2. The largest absolute Gasteiger partial charge is 0.495 e. The van der Waals surface area contributed by atoms with E-state index in [2.05, 4.69) is 33.9 Å². The van der Waals surface area contributed by atoms with Gasteiger partial charge in [0, 0.05) is 38.4 Å². The van der Waals surface area contributed by atoms with Crippen LogP contribution in [-0.4, -0.2) is 63.2 Å². The highest BCUT2D eigenvalue weighted by atomic mass is 19.1. The minimum Gasteiger partial charge on any atom is -0.495 e. The minimum atomic E-state index is -0.532. The Morgan fingerprint density at radius 2 is 1.73 bits per heavy atom. The zero-order valence-corrected chi connectivity index (χ0v) is 25.1. The van der Waals surface area contributed by atoms with E-state index in [0.29, 0.717) is 66.7 Å². The fourth-order valence-electron chi connectivity index (χ4n) is 4.93. The van der Waals surface area contributed by atoms with E-state index in [1.54, 1.807) is 37.3 Å². The van der Waals surface area contributed by atoms with Crippen LogP contribution in [0.1, 0.15) is 26.2 Å². The first-order valence-electron chi connectivity index (χ1n) is 14.0. The average molecular weight is 602 g/mol. The highest BCUT2D eigenvalue weighted by molar-refractivity contribution is 5.90. The summed E-state index contributed by atoms with van der Waals surface area (Å²) in [5.74, 6) is 1.20. The number of nitrogens with zero attached hydrogens (tertiary/aromatic N) is 3. The fraction of sp³-hybridized carbons (Fsp3) is 0.273. The van der Waals surface area contributed by atoms with E-state index in [1.165, 1.54) is 25.4 Å². The van der Waals surface area contributed by atoms with Crippen LogP contribution in [0.5, 0.6) is 5.75 Å². The molecule has 0 unspecified atom stereocenters. The number of ether oxygens (including phenoxy) is 3. The predicted molar refractivity (Wildman–Crippen MR) is 170 cm³/mol. The SMILES string of the molecule is C=CC(=O)N1CCC(OC2=C/C(=C(/N=C\N=C)Nc3cc(-c4ccc(F)c(NC(C)=O)c4)ccc3OC)CC=C2OC)CC1. The van der Waals surface area contributed by atoms with E-state index in [0.717, 1.165) is 11.1 Å². The molecular formula is C33H36FN5O5. The number of benzene rings is 2. The van der Waals surface area contributed by atoms with Crippen molar-refractivity contribution in [3.05, 3.63) is 89.9 Å². The molecule has 0 aromatic heterocycles. The molecule has 0 saturated carbocycles. The van der Waals surface area contributed by atoms with Crippen molar-refractivity contribution in [1.82, 2.24) is 4.90 Å². The number of methoxy groups -OCH3 is 2. The number of rotatable bonds is 11. The number of halogens is 1. The van der Waals surface area contributed by atoms with Crippen molar-refractivity contribution in [2.45, 2.75) is 32.3 Å². The number of hydrogen-bond donors (Lipinski definition) is 2. The van der Waals surface area contributed by atoms with Gasteiger partial charge in [-0.05, 0) is 66.8 Å². The minimum absolute atomic E-state index is 0.0838.